The summed E-state index contributed by atoms with van der Waals surface area (Å²) in [6.45, 7) is 9.89. The van der Waals surface area contributed by atoms with Crippen LogP contribution in [-0.4, -0.2) is 42.3 Å². The van der Waals surface area contributed by atoms with Crippen LogP contribution in [0.5, 0.6) is 0 Å². The number of nitrogens with one attached hydrogen (secondary N) is 3. The van der Waals surface area contributed by atoms with Gasteiger partial charge in [0.15, 0.2) is 5.82 Å². The number of carbonyl (C=O) groups is 1. The number of aliphatic hydroxyl groups is 1. The first-order valence-corrected chi connectivity index (χ1v) is 13.7. The minimum absolute atomic E-state index is 0.0256. The summed E-state index contributed by atoms with van der Waals surface area (Å²) in [5.41, 5.74) is 7.17. The standard InChI is InChI=1S/C31H36N6O2/c1-5-19(14-22(6-2)33-28(39)13-18(3)4)21-9-12-26-24(15-21)30(37-36-26)31-34-27-17-32-16-25(29(27)35-31)20-7-10-23(38)11-8-20/h5-6,9,12,14-18,20,23,38H,2,7-8,10-11,13H2,1,3-4H3,(H,33,39)(H,34,35)(H,36,37)/b19-5+,22-14+. The molecule has 39 heavy (non-hydrogen) atoms. The van der Waals surface area contributed by atoms with Gasteiger partial charge in [0.25, 0.3) is 0 Å². The molecule has 0 aliphatic heterocycles. The number of aromatic amines is 2. The summed E-state index contributed by atoms with van der Waals surface area (Å²) >= 11 is 0. The van der Waals surface area contributed by atoms with Crippen molar-refractivity contribution in [2.24, 2.45) is 5.92 Å². The Morgan fingerprint density at radius 3 is 2.72 bits per heavy atom. The number of imidazole rings is 1. The summed E-state index contributed by atoms with van der Waals surface area (Å²) in [7, 11) is 0. The van der Waals surface area contributed by atoms with Gasteiger partial charge >= 0.3 is 0 Å². The summed E-state index contributed by atoms with van der Waals surface area (Å²) in [6.07, 6.45) is 13.1. The molecular formula is C31H36N6O2. The Hall–Kier alpha value is -4.04. The Kier molecular flexibility index (Phi) is 7.74. The minimum Gasteiger partial charge on any atom is -0.393 e. The molecule has 8 nitrogen and oxygen atoms in total. The number of amides is 1. The molecule has 1 fully saturated rings. The lowest BCUT2D eigenvalue weighted by atomic mass is 9.83. The number of aromatic nitrogens is 5. The van der Waals surface area contributed by atoms with E-state index in [-0.39, 0.29) is 17.9 Å². The maximum atomic E-state index is 12.3. The Balaban J connectivity index is 1.48. The lowest BCUT2D eigenvalue weighted by molar-refractivity contribution is -0.121. The van der Waals surface area contributed by atoms with Crippen LogP contribution < -0.4 is 5.32 Å². The molecule has 0 saturated heterocycles. The molecule has 5 rings (SSSR count). The molecule has 0 radical (unpaired) electrons. The quantitative estimate of drug-likeness (QED) is 0.206. The van der Waals surface area contributed by atoms with Gasteiger partial charge in [-0.1, -0.05) is 32.6 Å². The van der Waals surface area contributed by atoms with Crippen LogP contribution in [0.1, 0.15) is 69.9 Å². The molecule has 8 heteroatoms. The van der Waals surface area contributed by atoms with Crippen LogP contribution in [0.4, 0.5) is 0 Å². The summed E-state index contributed by atoms with van der Waals surface area (Å²) in [5, 5.41) is 21.6. The van der Waals surface area contributed by atoms with E-state index in [4.69, 9.17) is 4.98 Å². The lowest BCUT2D eigenvalue weighted by Crippen LogP contribution is -2.23. The second-order valence-electron chi connectivity index (χ2n) is 10.7. The molecule has 1 saturated carbocycles. The molecule has 0 atom stereocenters. The minimum atomic E-state index is -0.205. The highest BCUT2D eigenvalue weighted by Gasteiger charge is 2.24. The van der Waals surface area contributed by atoms with Crippen molar-refractivity contribution in [2.45, 2.75) is 64.9 Å². The average molecular weight is 525 g/mol. The van der Waals surface area contributed by atoms with E-state index in [2.05, 4.69) is 38.1 Å². The van der Waals surface area contributed by atoms with Crippen molar-refractivity contribution in [3.05, 3.63) is 72.2 Å². The SMILES string of the molecule is C=C/C(=C\C(=C/C)c1ccc2[nH]nc(-c3nc4c(C5CCC(O)CC5)cncc4[nH]3)c2c1)NC(=O)CC(C)C. The van der Waals surface area contributed by atoms with E-state index in [0.29, 0.717) is 23.9 Å². The Morgan fingerprint density at radius 1 is 1.21 bits per heavy atom. The van der Waals surface area contributed by atoms with E-state index in [1.165, 1.54) is 0 Å². The van der Waals surface area contributed by atoms with Crippen molar-refractivity contribution in [1.82, 2.24) is 30.5 Å². The van der Waals surface area contributed by atoms with Gasteiger partial charge < -0.3 is 15.4 Å². The molecule has 1 aromatic carbocycles. The van der Waals surface area contributed by atoms with Crippen LogP contribution in [0, 0.1) is 5.92 Å². The fourth-order valence-corrected chi connectivity index (χ4v) is 5.35. The van der Waals surface area contributed by atoms with Gasteiger partial charge in [-0.3, -0.25) is 14.9 Å². The van der Waals surface area contributed by atoms with E-state index in [0.717, 1.165) is 70.0 Å². The first kappa shape index (κ1) is 26.6. The van der Waals surface area contributed by atoms with Crippen LogP contribution in [0.15, 0.2) is 61.1 Å². The van der Waals surface area contributed by atoms with Gasteiger partial charge in [-0.2, -0.15) is 5.10 Å². The fraction of sp³-hybridized carbons (Fsp3) is 0.355. The maximum Gasteiger partial charge on any atom is 0.224 e. The van der Waals surface area contributed by atoms with Crippen molar-refractivity contribution >= 4 is 33.4 Å². The van der Waals surface area contributed by atoms with Crippen molar-refractivity contribution in [3.8, 4) is 11.5 Å². The van der Waals surface area contributed by atoms with Gasteiger partial charge in [-0.15, -0.1) is 0 Å². The van der Waals surface area contributed by atoms with E-state index in [9.17, 15) is 9.90 Å². The molecule has 0 spiro atoms. The average Bonchev–Trinajstić information content (AvgIpc) is 3.54. The number of pyridine rings is 1. The fourth-order valence-electron chi connectivity index (χ4n) is 5.35. The van der Waals surface area contributed by atoms with Gasteiger partial charge in [-0.25, -0.2) is 4.98 Å². The molecule has 1 amide bonds. The normalized spacial score (nSPS) is 18.7. The van der Waals surface area contributed by atoms with Crippen LogP contribution in [-0.2, 0) is 4.79 Å². The summed E-state index contributed by atoms with van der Waals surface area (Å²) in [5.74, 6) is 1.28. The van der Waals surface area contributed by atoms with Gasteiger partial charge in [0, 0.05) is 29.3 Å². The van der Waals surface area contributed by atoms with Crippen LogP contribution in [0.25, 0.3) is 39.0 Å². The summed E-state index contributed by atoms with van der Waals surface area (Å²) in [6, 6.07) is 6.13. The van der Waals surface area contributed by atoms with Gasteiger partial charge in [-0.05, 0) is 79.9 Å². The predicted octanol–water partition coefficient (Wildman–Crippen LogP) is 6.16. The smallest absolute Gasteiger partial charge is 0.224 e. The van der Waals surface area contributed by atoms with E-state index in [1.807, 2.05) is 51.3 Å². The zero-order valence-electron chi connectivity index (χ0n) is 22.8. The van der Waals surface area contributed by atoms with Crippen molar-refractivity contribution in [3.63, 3.8) is 0 Å². The Morgan fingerprint density at radius 2 is 2.00 bits per heavy atom. The molecule has 4 aromatic rings. The van der Waals surface area contributed by atoms with E-state index >= 15 is 0 Å². The molecule has 1 aliphatic rings. The second-order valence-corrected chi connectivity index (χ2v) is 10.7. The van der Waals surface area contributed by atoms with Gasteiger partial charge in [0.2, 0.25) is 5.91 Å². The molecule has 4 N–H and O–H groups in total. The number of hydrogen-bond donors (Lipinski definition) is 4. The maximum absolute atomic E-state index is 12.3. The first-order chi connectivity index (χ1) is 18.9. The number of fused-ring (bicyclic) bond motifs is 2. The molecule has 3 aromatic heterocycles. The van der Waals surface area contributed by atoms with Crippen LogP contribution in [0.3, 0.4) is 0 Å². The molecule has 0 bridgehead atoms. The van der Waals surface area contributed by atoms with E-state index in [1.54, 1.807) is 12.3 Å². The van der Waals surface area contributed by atoms with Crippen molar-refractivity contribution in [1.29, 1.82) is 0 Å². The highest BCUT2D eigenvalue weighted by molar-refractivity contribution is 5.96. The lowest BCUT2D eigenvalue weighted by Gasteiger charge is -2.25. The second kappa shape index (κ2) is 11.4. The largest absolute Gasteiger partial charge is 0.393 e. The monoisotopic (exact) mass is 524 g/mol. The van der Waals surface area contributed by atoms with Gasteiger partial charge in [0.1, 0.15) is 5.69 Å². The van der Waals surface area contributed by atoms with E-state index < -0.39 is 0 Å². The van der Waals surface area contributed by atoms with Gasteiger partial charge in [0.05, 0.1) is 28.9 Å². The molecule has 0 unspecified atom stereocenters. The number of hydrogen-bond acceptors (Lipinski definition) is 5. The number of rotatable bonds is 8. The number of H-pyrrole nitrogens is 2. The molecular weight excluding hydrogens is 488 g/mol. The highest BCUT2D eigenvalue weighted by atomic mass is 16.3. The van der Waals surface area contributed by atoms with Crippen molar-refractivity contribution < 1.29 is 9.90 Å². The molecule has 1 aliphatic carbocycles. The third-order valence-electron chi connectivity index (χ3n) is 7.40. The Labute approximate surface area is 228 Å². The van der Waals surface area contributed by atoms with Crippen molar-refractivity contribution in [2.75, 3.05) is 0 Å². The predicted molar refractivity (Wildman–Crippen MR) is 156 cm³/mol. The number of benzene rings is 1. The van der Waals surface area contributed by atoms with Crippen LogP contribution in [0.2, 0.25) is 0 Å². The van der Waals surface area contributed by atoms with Crippen LogP contribution >= 0.6 is 0 Å². The topological polar surface area (TPSA) is 120 Å². The zero-order chi connectivity index (χ0) is 27.5. The third kappa shape index (κ3) is 5.71. The molecule has 3 heterocycles. The molecule has 202 valence electrons. The number of carbonyl (C=O) groups excluding carboxylic acids is 1. The first-order valence-electron chi connectivity index (χ1n) is 13.7. The highest BCUT2D eigenvalue weighted by Crippen LogP contribution is 2.37. The number of nitrogens with zero attached hydrogens (tertiary/aromatic N) is 3. The zero-order valence-corrected chi connectivity index (χ0v) is 22.8. The number of allylic oxidation sites excluding steroid dienone is 4. The number of aliphatic hydroxyl groups excluding tert-OH is 1. The summed E-state index contributed by atoms with van der Waals surface area (Å²) < 4.78 is 0. The Bertz CT molecular complexity index is 1570. The summed E-state index contributed by atoms with van der Waals surface area (Å²) in [4.78, 5) is 25.2. The third-order valence-corrected chi connectivity index (χ3v) is 7.40.